The van der Waals surface area contributed by atoms with Crippen molar-refractivity contribution < 1.29 is 19.4 Å². The molecule has 0 bridgehead atoms. The average molecular weight is 454 g/mol. The van der Waals surface area contributed by atoms with E-state index in [0.717, 1.165) is 43.7 Å². The fourth-order valence-electron chi connectivity index (χ4n) is 4.45. The van der Waals surface area contributed by atoms with Gasteiger partial charge >= 0.3 is 12.0 Å². The van der Waals surface area contributed by atoms with Crippen molar-refractivity contribution in [3.05, 3.63) is 47.3 Å². The van der Waals surface area contributed by atoms with Gasteiger partial charge in [-0.05, 0) is 49.8 Å². The predicted molar refractivity (Wildman–Crippen MR) is 123 cm³/mol. The summed E-state index contributed by atoms with van der Waals surface area (Å²) in [4.78, 5) is 37.0. The molecule has 2 amide bonds. The third kappa shape index (κ3) is 5.53. The molecule has 0 aliphatic carbocycles. The zero-order valence-corrected chi connectivity index (χ0v) is 19.0. The fraction of sp³-hybridized carbons (Fsp3) is 0.500. The number of aromatic nitrogens is 2. The molecular weight excluding hydrogens is 422 g/mol. The van der Waals surface area contributed by atoms with Crippen molar-refractivity contribution in [2.75, 3.05) is 38.1 Å². The molecule has 0 aromatic carbocycles. The monoisotopic (exact) mass is 453 g/mol. The third-order valence-electron chi connectivity index (χ3n) is 6.12. The largest absolute Gasteiger partial charge is 0.481 e. The van der Waals surface area contributed by atoms with Gasteiger partial charge in [-0.2, -0.15) is 0 Å². The fourth-order valence-corrected chi connectivity index (χ4v) is 4.45. The van der Waals surface area contributed by atoms with Crippen LogP contribution in [0, 0.1) is 0 Å². The summed E-state index contributed by atoms with van der Waals surface area (Å²) in [6.07, 6.45) is 5.23. The number of rotatable bonds is 10. The number of carboxylic acids is 1. The maximum atomic E-state index is 13.1. The van der Waals surface area contributed by atoms with Crippen LogP contribution < -0.4 is 10.1 Å². The van der Waals surface area contributed by atoms with Crippen LogP contribution in [0.3, 0.4) is 0 Å². The van der Waals surface area contributed by atoms with Gasteiger partial charge in [0.15, 0.2) is 0 Å². The highest BCUT2D eigenvalue weighted by molar-refractivity contribution is 5.78. The van der Waals surface area contributed by atoms with Crippen LogP contribution >= 0.6 is 0 Å². The second kappa shape index (κ2) is 10.5. The van der Waals surface area contributed by atoms with Gasteiger partial charge in [-0.15, -0.1) is 0 Å². The number of aliphatic carboxylic acids is 1. The van der Waals surface area contributed by atoms with Gasteiger partial charge in [-0.25, -0.2) is 14.8 Å². The zero-order chi connectivity index (χ0) is 23.2. The van der Waals surface area contributed by atoms with Crippen molar-refractivity contribution in [3.8, 4) is 5.88 Å². The summed E-state index contributed by atoms with van der Waals surface area (Å²) >= 11 is 0. The number of ether oxygens (including phenoxy) is 1. The number of carbonyl (C=O) groups is 2. The molecule has 1 atom stereocenters. The number of anilines is 1. The molecule has 0 radical (unpaired) electrons. The molecule has 1 fully saturated rings. The number of fused-ring (bicyclic) bond motifs is 1. The lowest BCUT2D eigenvalue weighted by atomic mass is 10.0. The highest BCUT2D eigenvalue weighted by Gasteiger charge is 2.35. The van der Waals surface area contributed by atoms with Crippen molar-refractivity contribution in [1.29, 1.82) is 0 Å². The van der Waals surface area contributed by atoms with Gasteiger partial charge in [-0.3, -0.25) is 4.79 Å². The molecule has 0 spiro atoms. The van der Waals surface area contributed by atoms with Crippen LogP contribution in [0.15, 0.2) is 30.5 Å². The molecule has 2 aromatic rings. The van der Waals surface area contributed by atoms with E-state index in [0.29, 0.717) is 37.7 Å². The van der Waals surface area contributed by atoms with Crippen molar-refractivity contribution in [2.45, 2.75) is 45.1 Å². The van der Waals surface area contributed by atoms with E-state index in [1.807, 2.05) is 6.92 Å². The number of pyridine rings is 2. The smallest absolute Gasteiger partial charge is 0.320 e. The third-order valence-corrected chi connectivity index (χ3v) is 6.12. The van der Waals surface area contributed by atoms with Gasteiger partial charge in [0.2, 0.25) is 5.88 Å². The van der Waals surface area contributed by atoms with E-state index in [9.17, 15) is 14.7 Å². The number of hydrogen-bond acceptors (Lipinski definition) is 6. The van der Waals surface area contributed by atoms with E-state index < -0.39 is 12.0 Å². The first-order chi connectivity index (χ1) is 16.0. The standard InChI is InChI=1S/C24H31N5O4/c1-2-33-21-10-8-18(16-26-21)20(15-22(30)31)29-14-13-28(24(29)32)12-4-6-19-9-7-17-5-3-11-25-23(17)27-19/h7-10,16,20H,2-6,11-15H2,1H3,(H,25,27)(H,30,31). The molecule has 1 unspecified atom stereocenters. The lowest BCUT2D eigenvalue weighted by Crippen LogP contribution is -2.36. The van der Waals surface area contributed by atoms with E-state index in [4.69, 9.17) is 9.72 Å². The molecule has 9 heteroatoms. The minimum atomic E-state index is -0.952. The van der Waals surface area contributed by atoms with Crippen LogP contribution in [0.1, 0.15) is 49.0 Å². The van der Waals surface area contributed by atoms with Gasteiger partial charge in [0.25, 0.3) is 0 Å². The maximum absolute atomic E-state index is 13.1. The maximum Gasteiger partial charge on any atom is 0.320 e. The molecule has 4 heterocycles. The van der Waals surface area contributed by atoms with Crippen LogP contribution in [0.2, 0.25) is 0 Å². The summed E-state index contributed by atoms with van der Waals surface area (Å²) in [7, 11) is 0. The second-order valence-electron chi connectivity index (χ2n) is 8.38. The van der Waals surface area contributed by atoms with E-state index in [1.165, 1.54) is 5.56 Å². The van der Waals surface area contributed by atoms with Crippen molar-refractivity contribution in [2.24, 2.45) is 0 Å². The van der Waals surface area contributed by atoms with E-state index in [-0.39, 0.29) is 12.5 Å². The Morgan fingerprint density at radius 3 is 2.91 bits per heavy atom. The minimum Gasteiger partial charge on any atom is -0.481 e. The number of urea groups is 1. The highest BCUT2D eigenvalue weighted by atomic mass is 16.5. The zero-order valence-electron chi connectivity index (χ0n) is 19.0. The highest BCUT2D eigenvalue weighted by Crippen LogP contribution is 2.29. The summed E-state index contributed by atoms with van der Waals surface area (Å²) in [5, 5.41) is 12.8. The summed E-state index contributed by atoms with van der Waals surface area (Å²) in [5.41, 5.74) is 2.99. The van der Waals surface area contributed by atoms with Crippen molar-refractivity contribution in [3.63, 3.8) is 0 Å². The normalized spacial score (nSPS) is 16.3. The van der Waals surface area contributed by atoms with Crippen LogP contribution in [0.4, 0.5) is 10.6 Å². The Balaban J connectivity index is 1.36. The molecule has 9 nitrogen and oxygen atoms in total. The number of nitrogens with zero attached hydrogens (tertiary/aromatic N) is 4. The molecule has 2 aliphatic rings. The Bertz CT molecular complexity index is 981. The van der Waals surface area contributed by atoms with Crippen LogP contribution in [0.5, 0.6) is 5.88 Å². The lowest BCUT2D eigenvalue weighted by Gasteiger charge is -2.27. The number of amides is 2. The Labute approximate surface area is 193 Å². The van der Waals surface area contributed by atoms with Crippen molar-refractivity contribution >= 4 is 17.8 Å². The Morgan fingerprint density at radius 1 is 1.27 bits per heavy atom. The lowest BCUT2D eigenvalue weighted by molar-refractivity contribution is -0.138. The van der Waals surface area contributed by atoms with Crippen LogP contribution in [-0.4, -0.2) is 69.7 Å². The second-order valence-corrected chi connectivity index (χ2v) is 8.38. The molecule has 4 rings (SSSR count). The minimum absolute atomic E-state index is 0.129. The van der Waals surface area contributed by atoms with Gasteiger partial charge in [0.1, 0.15) is 5.82 Å². The van der Waals surface area contributed by atoms with Crippen molar-refractivity contribution in [1.82, 2.24) is 19.8 Å². The summed E-state index contributed by atoms with van der Waals surface area (Å²) in [5.74, 6) is 0.519. The first kappa shape index (κ1) is 22.8. The summed E-state index contributed by atoms with van der Waals surface area (Å²) in [6.45, 7) is 5.02. The molecule has 2 aromatic heterocycles. The predicted octanol–water partition coefficient (Wildman–Crippen LogP) is 3.12. The quantitative estimate of drug-likeness (QED) is 0.569. The SMILES string of the molecule is CCOc1ccc(C(CC(=O)O)N2CCN(CCCc3ccc4c(n3)NCCC4)C2=O)cn1. The number of aryl methyl sites for hydroxylation is 2. The first-order valence-electron chi connectivity index (χ1n) is 11.6. The van der Waals surface area contributed by atoms with Gasteiger partial charge in [-0.1, -0.05) is 12.1 Å². The van der Waals surface area contributed by atoms with Gasteiger partial charge in [0.05, 0.1) is 19.1 Å². The molecule has 33 heavy (non-hydrogen) atoms. The molecule has 1 saturated heterocycles. The Morgan fingerprint density at radius 2 is 2.15 bits per heavy atom. The van der Waals surface area contributed by atoms with E-state index in [1.54, 1.807) is 28.1 Å². The van der Waals surface area contributed by atoms with Crippen LogP contribution in [0.25, 0.3) is 0 Å². The first-order valence-corrected chi connectivity index (χ1v) is 11.6. The number of hydrogen-bond donors (Lipinski definition) is 2. The van der Waals surface area contributed by atoms with Gasteiger partial charge < -0.3 is 25.0 Å². The summed E-state index contributed by atoms with van der Waals surface area (Å²) < 4.78 is 5.37. The molecule has 176 valence electrons. The van der Waals surface area contributed by atoms with E-state index >= 15 is 0 Å². The number of nitrogens with one attached hydrogen (secondary N) is 1. The molecule has 2 N–H and O–H groups in total. The Hall–Kier alpha value is -3.36. The topological polar surface area (TPSA) is 108 Å². The van der Waals surface area contributed by atoms with E-state index in [2.05, 4.69) is 22.4 Å². The summed E-state index contributed by atoms with van der Waals surface area (Å²) in [6, 6.07) is 7.04. The van der Waals surface area contributed by atoms with Crippen LogP contribution in [-0.2, 0) is 17.6 Å². The van der Waals surface area contributed by atoms with Gasteiger partial charge in [0, 0.05) is 44.1 Å². The molecule has 2 aliphatic heterocycles. The number of carbonyl (C=O) groups excluding carboxylic acids is 1. The molecule has 0 saturated carbocycles. The number of carboxylic acid groups (broad SMARTS) is 1. The molecular formula is C24H31N5O4. The average Bonchev–Trinajstić information content (AvgIpc) is 3.18. The Kier molecular flexibility index (Phi) is 7.26.